The largest absolute Gasteiger partial charge is 0.334 e. The summed E-state index contributed by atoms with van der Waals surface area (Å²) in [5.74, 6) is 0.432. The zero-order valence-corrected chi connectivity index (χ0v) is 16.2. The Morgan fingerprint density at radius 2 is 1.93 bits per heavy atom. The minimum Gasteiger partial charge on any atom is -0.334 e. The fourth-order valence-corrected chi connectivity index (χ4v) is 3.97. The topological polar surface area (TPSA) is 46.1 Å². The molecule has 4 aromatic rings. The highest BCUT2D eigenvalue weighted by atomic mass is 32.1. The average molecular weight is 375 g/mol. The van der Waals surface area contributed by atoms with Crippen molar-refractivity contribution in [2.75, 3.05) is 6.54 Å². The normalized spacial score (nSPS) is 11.4. The summed E-state index contributed by atoms with van der Waals surface area (Å²) < 4.78 is 1.04. The molecule has 0 aliphatic carbocycles. The van der Waals surface area contributed by atoms with E-state index in [1.165, 1.54) is 0 Å². The number of hydrogen-bond donors (Lipinski definition) is 0. The van der Waals surface area contributed by atoms with Crippen molar-refractivity contribution in [2.24, 2.45) is 5.92 Å². The predicted molar refractivity (Wildman–Crippen MR) is 111 cm³/mol. The van der Waals surface area contributed by atoms with E-state index in [1.807, 2.05) is 53.0 Å². The second-order valence-electron chi connectivity index (χ2n) is 7.15. The smallest absolute Gasteiger partial charge is 0.254 e. The summed E-state index contributed by atoms with van der Waals surface area (Å²) in [4.78, 5) is 23.9. The van der Waals surface area contributed by atoms with Crippen LogP contribution in [0.2, 0.25) is 0 Å². The molecule has 0 aliphatic heterocycles. The van der Waals surface area contributed by atoms with Crippen LogP contribution in [0.25, 0.3) is 21.1 Å². The Hall–Kier alpha value is -2.79. The summed E-state index contributed by atoms with van der Waals surface area (Å²) in [5.41, 5.74) is 5.47. The zero-order chi connectivity index (χ0) is 18.8. The van der Waals surface area contributed by atoms with Crippen molar-refractivity contribution in [3.05, 3.63) is 71.4 Å². The number of amides is 1. The van der Waals surface area contributed by atoms with Crippen LogP contribution in [0, 0.1) is 5.92 Å². The van der Waals surface area contributed by atoms with Crippen molar-refractivity contribution < 1.29 is 4.79 Å². The molecule has 2 heterocycles. The number of nitrogens with zero attached hydrogens (tertiary/aromatic N) is 3. The molecule has 0 saturated heterocycles. The number of thiazole rings is 1. The maximum Gasteiger partial charge on any atom is 0.254 e. The first-order valence-electron chi connectivity index (χ1n) is 9.06. The summed E-state index contributed by atoms with van der Waals surface area (Å²) >= 11 is 1.56. The van der Waals surface area contributed by atoms with Gasteiger partial charge < -0.3 is 4.90 Å². The van der Waals surface area contributed by atoms with Crippen molar-refractivity contribution in [2.45, 2.75) is 20.4 Å². The van der Waals surface area contributed by atoms with Gasteiger partial charge >= 0.3 is 0 Å². The molecular weight excluding hydrogens is 354 g/mol. The van der Waals surface area contributed by atoms with Gasteiger partial charge in [-0.25, -0.2) is 4.98 Å². The van der Waals surface area contributed by atoms with E-state index in [0.717, 1.165) is 26.7 Å². The molecule has 5 heteroatoms. The third kappa shape index (κ3) is 3.83. The van der Waals surface area contributed by atoms with E-state index < -0.39 is 0 Å². The lowest BCUT2D eigenvalue weighted by Crippen LogP contribution is -2.33. The summed E-state index contributed by atoms with van der Waals surface area (Å²) in [5, 5.41) is 1.10. The highest BCUT2D eigenvalue weighted by Gasteiger charge is 2.18. The van der Waals surface area contributed by atoms with Gasteiger partial charge in [-0.1, -0.05) is 32.0 Å². The van der Waals surface area contributed by atoms with Crippen molar-refractivity contribution in [3.8, 4) is 0 Å². The van der Waals surface area contributed by atoms with Gasteiger partial charge in [0.2, 0.25) is 0 Å². The lowest BCUT2D eigenvalue weighted by atomic mass is 10.1. The minimum atomic E-state index is 0.0483. The van der Waals surface area contributed by atoms with E-state index in [-0.39, 0.29) is 5.91 Å². The molecule has 4 rings (SSSR count). The second-order valence-corrected chi connectivity index (χ2v) is 8.04. The number of carbonyl (C=O) groups is 1. The van der Waals surface area contributed by atoms with E-state index in [0.29, 0.717) is 24.6 Å². The van der Waals surface area contributed by atoms with Gasteiger partial charge in [-0.2, -0.15) is 0 Å². The van der Waals surface area contributed by atoms with Gasteiger partial charge in [0, 0.05) is 30.2 Å². The second kappa shape index (κ2) is 7.45. The number of pyridine rings is 1. The van der Waals surface area contributed by atoms with Crippen molar-refractivity contribution in [1.29, 1.82) is 0 Å². The van der Waals surface area contributed by atoms with Gasteiger partial charge in [0.15, 0.2) is 0 Å². The van der Waals surface area contributed by atoms with Gasteiger partial charge in [-0.05, 0) is 41.8 Å². The van der Waals surface area contributed by atoms with Crippen LogP contribution in [0.1, 0.15) is 29.8 Å². The third-order valence-corrected chi connectivity index (χ3v) is 5.26. The van der Waals surface area contributed by atoms with E-state index in [9.17, 15) is 4.79 Å². The Bertz CT molecular complexity index is 1100. The van der Waals surface area contributed by atoms with Gasteiger partial charge in [-0.15, -0.1) is 11.3 Å². The molecular formula is C22H21N3OS. The average Bonchev–Trinajstić information content (AvgIpc) is 3.14. The van der Waals surface area contributed by atoms with Crippen LogP contribution in [-0.4, -0.2) is 27.3 Å². The van der Waals surface area contributed by atoms with Crippen LogP contribution in [0.4, 0.5) is 0 Å². The van der Waals surface area contributed by atoms with E-state index in [4.69, 9.17) is 0 Å². The van der Waals surface area contributed by atoms with Crippen LogP contribution >= 0.6 is 11.3 Å². The van der Waals surface area contributed by atoms with Crippen molar-refractivity contribution >= 4 is 38.4 Å². The lowest BCUT2D eigenvalue weighted by Gasteiger charge is -2.25. The first-order chi connectivity index (χ1) is 13.1. The van der Waals surface area contributed by atoms with Gasteiger partial charge in [-0.3, -0.25) is 9.78 Å². The van der Waals surface area contributed by atoms with E-state index in [1.54, 1.807) is 11.3 Å². The van der Waals surface area contributed by atoms with Gasteiger partial charge in [0.1, 0.15) is 0 Å². The Balaban J connectivity index is 1.63. The molecule has 0 N–H and O–H groups in total. The Labute approximate surface area is 162 Å². The fourth-order valence-electron chi connectivity index (χ4n) is 3.25. The number of hydrogen-bond acceptors (Lipinski definition) is 4. The number of aromatic nitrogens is 2. The summed E-state index contributed by atoms with van der Waals surface area (Å²) in [6.45, 7) is 5.51. The number of rotatable bonds is 5. The molecule has 0 unspecified atom stereocenters. The molecule has 4 nitrogen and oxygen atoms in total. The minimum absolute atomic E-state index is 0.0483. The Morgan fingerprint density at radius 1 is 1.07 bits per heavy atom. The quantitative estimate of drug-likeness (QED) is 0.485. The molecule has 0 radical (unpaired) electrons. The molecule has 0 bridgehead atoms. The van der Waals surface area contributed by atoms with Crippen LogP contribution in [0.15, 0.2) is 60.2 Å². The number of fused-ring (bicyclic) bond motifs is 2. The van der Waals surface area contributed by atoms with E-state index in [2.05, 4.69) is 35.9 Å². The summed E-state index contributed by atoms with van der Waals surface area (Å²) in [6.07, 6.45) is 1.87. The fraction of sp³-hybridized carbons (Fsp3) is 0.227. The van der Waals surface area contributed by atoms with Crippen LogP contribution in [0.5, 0.6) is 0 Å². The van der Waals surface area contributed by atoms with Crippen LogP contribution in [0.3, 0.4) is 0 Å². The number of para-hydroxylation sites is 1. The molecule has 0 atom stereocenters. The third-order valence-electron chi connectivity index (χ3n) is 4.47. The molecule has 27 heavy (non-hydrogen) atoms. The standard InChI is InChI=1S/C22H21N3OS/c1-15(2)12-25(13-16-9-17-5-3-4-6-19(17)23-11-16)22(26)18-7-8-20-21(10-18)27-14-24-20/h3-11,14-15H,12-13H2,1-2H3. The summed E-state index contributed by atoms with van der Waals surface area (Å²) in [6, 6.07) is 15.9. The molecule has 0 fully saturated rings. The van der Waals surface area contributed by atoms with Gasteiger partial charge in [0.05, 0.1) is 21.2 Å². The number of benzene rings is 2. The molecule has 0 saturated carbocycles. The van der Waals surface area contributed by atoms with Crippen molar-refractivity contribution in [1.82, 2.24) is 14.9 Å². The molecule has 0 spiro atoms. The highest BCUT2D eigenvalue weighted by molar-refractivity contribution is 7.16. The molecule has 136 valence electrons. The maximum atomic E-state index is 13.2. The Kier molecular flexibility index (Phi) is 4.86. The van der Waals surface area contributed by atoms with Crippen LogP contribution in [-0.2, 0) is 6.54 Å². The molecule has 2 aromatic heterocycles. The predicted octanol–water partition coefficient (Wildman–Crippen LogP) is 5.14. The first-order valence-corrected chi connectivity index (χ1v) is 9.94. The molecule has 0 aliphatic rings. The van der Waals surface area contributed by atoms with Gasteiger partial charge in [0.25, 0.3) is 5.91 Å². The Morgan fingerprint density at radius 3 is 2.78 bits per heavy atom. The monoisotopic (exact) mass is 375 g/mol. The summed E-state index contributed by atoms with van der Waals surface area (Å²) in [7, 11) is 0. The SMILES string of the molecule is CC(C)CN(Cc1cnc2ccccc2c1)C(=O)c1ccc2ncsc2c1. The molecule has 1 amide bonds. The lowest BCUT2D eigenvalue weighted by molar-refractivity contribution is 0.0723. The van der Waals surface area contributed by atoms with Crippen molar-refractivity contribution in [3.63, 3.8) is 0 Å². The van der Waals surface area contributed by atoms with E-state index >= 15 is 0 Å². The number of carbonyl (C=O) groups excluding carboxylic acids is 1. The first kappa shape index (κ1) is 17.6. The zero-order valence-electron chi connectivity index (χ0n) is 15.4. The maximum absolute atomic E-state index is 13.2. The highest BCUT2D eigenvalue weighted by Crippen LogP contribution is 2.21. The molecule has 2 aromatic carbocycles. The van der Waals surface area contributed by atoms with Crippen LogP contribution < -0.4 is 0 Å².